The molecule has 0 bridgehead atoms. The van der Waals surface area contributed by atoms with Crippen LogP contribution in [-0.4, -0.2) is 51.4 Å². The van der Waals surface area contributed by atoms with Crippen LogP contribution < -0.4 is 0 Å². The van der Waals surface area contributed by atoms with Crippen molar-refractivity contribution < 1.29 is 4.79 Å². The molecule has 2 aromatic heterocycles. The molecule has 0 N–H and O–H groups in total. The van der Waals surface area contributed by atoms with Crippen LogP contribution in [0, 0.1) is 5.92 Å². The Morgan fingerprint density at radius 1 is 1.12 bits per heavy atom. The van der Waals surface area contributed by atoms with Gasteiger partial charge in [-0.2, -0.15) is 0 Å². The van der Waals surface area contributed by atoms with Gasteiger partial charge in [-0.25, -0.2) is 0 Å². The van der Waals surface area contributed by atoms with Gasteiger partial charge in [0.25, 0.3) is 5.91 Å². The number of pyridine rings is 2. The summed E-state index contributed by atoms with van der Waals surface area (Å²) in [5.74, 6) is 0.884. The van der Waals surface area contributed by atoms with Gasteiger partial charge in [0.15, 0.2) is 0 Å². The van der Waals surface area contributed by atoms with Gasteiger partial charge in [0.05, 0.1) is 0 Å². The minimum Gasteiger partial charge on any atom is -0.334 e. The molecular formula is C19H22N4O. The quantitative estimate of drug-likeness (QED) is 0.818. The molecule has 3 heterocycles. The lowest BCUT2D eigenvalue weighted by Crippen LogP contribution is -2.61. The highest BCUT2D eigenvalue weighted by atomic mass is 16.2. The molecule has 2 aromatic rings. The number of hydrogen-bond acceptors (Lipinski definition) is 4. The van der Waals surface area contributed by atoms with Crippen LogP contribution in [0.5, 0.6) is 0 Å². The molecule has 1 saturated carbocycles. The normalized spacial score (nSPS) is 17.8. The molecule has 24 heavy (non-hydrogen) atoms. The molecule has 0 unspecified atom stereocenters. The number of nitrogens with zero attached hydrogens (tertiary/aromatic N) is 4. The maximum absolute atomic E-state index is 12.4. The molecule has 1 amide bonds. The van der Waals surface area contributed by atoms with E-state index in [9.17, 15) is 4.79 Å². The molecule has 1 aliphatic heterocycles. The summed E-state index contributed by atoms with van der Waals surface area (Å²) < 4.78 is 0. The zero-order valence-corrected chi connectivity index (χ0v) is 13.7. The highest BCUT2D eigenvalue weighted by molar-refractivity contribution is 5.92. The Labute approximate surface area is 142 Å². The smallest absolute Gasteiger partial charge is 0.272 e. The predicted octanol–water partition coefficient (Wildman–Crippen LogP) is 2.21. The number of amides is 1. The third-order valence-electron chi connectivity index (χ3n) is 4.87. The van der Waals surface area contributed by atoms with Gasteiger partial charge in [-0.15, -0.1) is 0 Å². The van der Waals surface area contributed by atoms with Gasteiger partial charge in [-0.05, 0) is 48.6 Å². The molecule has 5 heteroatoms. The SMILES string of the molecule is O=C(c1ccccn1)N1CC(N(Cc2ccncc2)CC2CC2)C1. The highest BCUT2D eigenvalue weighted by Gasteiger charge is 2.37. The molecule has 2 aliphatic rings. The molecule has 4 rings (SSSR count). The maximum Gasteiger partial charge on any atom is 0.272 e. The first-order valence-electron chi connectivity index (χ1n) is 8.63. The molecule has 5 nitrogen and oxygen atoms in total. The van der Waals surface area contributed by atoms with E-state index in [2.05, 4.69) is 27.0 Å². The number of carbonyl (C=O) groups excluding carboxylic acids is 1. The Balaban J connectivity index is 1.37. The van der Waals surface area contributed by atoms with Crippen molar-refractivity contribution in [3.63, 3.8) is 0 Å². The van der Waals surface area contributed by atoms with Crippen molar-refractivity contribution in [1.29, 1.82) is 0 Å². The predicted molar refractivity (Wildman–Crippen MR) is 91.3 cm³/mol. The monoisotopic (exact) mass is 322 g/mol. The van der Waals surface area contributed by atoms with Gasteiger partial charge in [-0.1, -0.05) is 6.07 Å². The lowest BCUT2D eigenvalue weighted by atomic mass is 10.0. The number of aromatic nitrogens is 2. The summed E-state index contributed by atoms with van der Waals surface area (Å²) in [5, 5.41) is 0. The second kappa shape index (κ2) is 6.69. The van der Waals surface area contributed by atoms with Crippen LogP contribution in [0.3, 0.4) is 0 Å². The van der Waals surface area contributed by atoms with E-state index in [0.29, 0.717) is 11.7 Å². The van der Waals surface area contributed by atoms with Gasteiger partial charge in [0, 0.05) is 50.8 Å². The molecule has 1 saturated heterocycles. The van der Waals surface area contributed by atoms with Gasteiger partial charge in [0.2, 0.25) is 0 Å². The van der Waals surface area contributed by atoms with E-state index in [4.69, 9.17) is 0 Å². The molecule has 0 aromatic carbocycles. The number of hydrogen-bond donors (Lipinski definition) is 0. The van der Waals surface area contributed by atoms with Crippen LogP contribution in [0.25, 0.3) is 0 Å². The van der Waals surface area contributed by atoms with Gasteiger partial charge in [0.1, 0.15) is 5.69 Å². The van der Waals surface area contributed by atoms with Crippen molar-refractivity contribution in [3.05, 3.63) is 60.2 Å². The zero-order valence-electron chi connectivity index (χ0n) is 13.7. The van der Waals surface area contributed by atoms with E-state index in [1.165, 1.54) is 18.4 Å². The van der Waals surface area contributed by atoms with Gasteiger partial charge < -0.3 is 4.90 Å². The Kier molecular flexibility index (Phi) is 4.26. The first-order chi connectivity index (χ1) is 11.8. The maximum atomic E-state index is 12.4. The van der Waals surface area contributed by atoms with Crippen LogP contribution in [0.4, 0.5) is 0 Å². The number of likely N-dealkylation sites (tertiary alicyclic amines) is 1. The van der Waals surface area contributed by atoms with Crippen molar-refractivity contribution in [2.75, 3.05) is 19.6 Å². The first kappa shape index (κ1) is 15.3. The molecule has 0 spiro atoms. The average molecular weight is 322 g/mol. The molecule has 0 radical (unpaired) electrons. The van der Waals surface area contributed by atoms with Crippen molar-refractivity contribution in [1.82, 2.24) is 19.8 Å². The zero-order chi connectivity index (χ0) is 16.4. The molecule has 2 fully saturated rings. The molecule has 124 valence electrons. The van der Waals surface area contributed by atoms with E-state index in [1.807, 2.05) is 29.4 Å². The fourth-order valence-corrected chi connectivity index (χ4v) is 3.20. The topological polar surface area (TPSA) is 49.3 Å². The average Bonchev–Trinajstić information content (AvgIpc) is 3.39. The molecule has 1 aliphatic carbocycles. The standard InChI is InChI=1S/C19H22N4O/c24-19(18-3-1-2-8-21-18)23-13-17(14-23)22(11-15-4-5-15)12-16-6-9-20-10-7-16/h1-3,6-10,15,17H,4-5,11-14H2. The minimum atomic E-state index is 0.0436. The van der Waals surface area contributed by atoms with Crippen molar-refractivity contribution >= 4 is 5.91 Å². The second-order valence-corrected chi connectivity index (χ2v) is 6.81. The lowest BCUT2D eigenvalue weighted by molar-refractivity contribution is 0.0215. The van der Waals surface area contributed by atoms with E-state index in [-0.39, 0.29) is 5.91 Å². The molecule has 0 atom stereocenters. The summed E-state index contributed by atoms with van der Waals surface area (Å²) in [6, 6.07) is 10.1. The highest BCUT2D eigenvalue weighted by Crippen LogP contribution is 2.32. The summed E-state index contributed by atoms with van der Waals surface area (Å²) in [6.45, 7) is 3.67. The minimum absolute atomic E-state index is 0.0436. The molecular weight excluding hydrogens is 300 g/mol. The summed E-state index contributed by atoms with van der Waals surface area (Å²) in [4.78, 5) is 25.1. The summed E-state index contributed by atoms with van der Waals surface area (Å²) in [7, 11) is 0. The van der Waals surface area contributed by atoms with Gasteiger partial charge in [-0.3, -0.25) is 19.7 Å². The third-order valence-corrected chi connectivity index (χ3v) is 4.87. The van der Waals surface area contributed by atoms with E-state index in [1.54, 1.807) is 12.3 Å². The van der Waals surface area contributed by atoms with Crippen LogP contribution in [0.2, 0.25) is 0 Å². The van der Waals surface area contributed by atoms with Crippen molar-refractivity contribution in [2.24, 2.45) is 5.92 Å². The second-order valence-electron chi connectivity index (χ2n) is 6.81. The Morgan fingerprint density at radius 3 is 2.58 bits per heavy atom. The fourth-order valence-electron chi connectivity index (χ4n) is 3.20. The van der Waals surface area contributed by atoms with E-state index >= 15 is 0 Å². The summed E-state index contributed by atoms with van der Waals surface area (Å²) in [5.41, 5.74) is 1.83. The Hall–Kier alpha value is -2.27. The van der Waals surface area contributed by atoms with Crippen molar-refractivity contribution in [3.8, 4) is 0 Å². The van der Waals surface area contributed by atoms with E-state index in [0.717, 1.165) is 32.1 Å². The fraction of sp³-hybridized carbons (Fsp3) is 0.421. The summed E-state index contributed by atoms with van der Waals surface area (Å²) >= 11 is 0. The third kappa shape index (κ3) is 3.46. The number of carbonyl (C=O) groups is 1. The Morgan fingerprint density at radius 2 is 1.92 bits per heavy atom. The van der Waals surface area contributed by atoms with Crippen LogP contribution in [0.1, 0.15) is 28.9 Å². The van der Waals surface area contributed by atoms with Crippen LogP contribution in [0.15, 0.2) is 48.9 Å². The van der Waals surface area contributed by atoms with Crippen LogP contribution in [-0.2, 0) is 6.54 Å². The first-order valence-corrected chi connectivity index (χ1v) is 8.63. The van der Waals surface area contributed by atoms with E-state index < -0.39 is 0 Å². The summed E-state index contributed by atoms with van der Waals surface area (Å²) in [6.07, 6.45) is 8.06. The van der Waals surface area contributed by atoms with Crippen LogP contribution >= 0.6 is 0 Å². The van der Waals surface area contributed by atoms with Crippen molar-refractivity contribution in [2.45, 2.75) is 25.4 Å². The lowest BCUT2D eigenvalue weighted by Gasteiger charge is -2.45. The number of rotatable bonds is 6. The van der Waals surface area contributed by atoms with Gasteiger partial charge >= 0.3 is 0 Å². The largest absolute Gasteiger partial charge is 0.334 e. The Bertz CT molecular complexity index is 681.